The molecule has 22 heavy (non-hydrogen) atoms. The summed E-state index contributed by atoms with van der Waals surface area (Å²) in [5, 5.41) is 13.9. The Bertz CT molecular complexity index is 718. The fourth-order valence-electron chi connectivity index (χ4n) is 1.79. The average molecular weight is 321 g/mol. The molecule has 0 aliphatic rings. The number of rotatable bonds is 5. The Morgan fingerprint density at radius 2 is 2.09 bits per heavy atom. The molecule has 114 valence electrons. The van der Waals surface area contributed by atoms with Crippen molar-refractivity contribution in [3.8, 4) is 5.75 Å². The molecule has 0 radical (unpaired) electrons. The molecule has 0 spiro atoms. The number of nitrogens with one attached hydrogen (secondary N) is 1. The summed E-state index contributed by atoms with van der Waals surface area (Å²) >= 11 is 5.81. The first-order chi connectivity index (χ1) is 10.5. The standard InChI is InChI=1S/C15H13ClN2O4/c1-10-5-6-12(8-14(10)18(20)21)17-15(19)9-22-13-4-2-3-11(16)7-13/h2-8H,9H2,1H3,(H,17,19). The molecule has 0 saturated heterocycles. The topological polar surface area (TPSA) is 81.5 Å². The van der Waals surface area contributed by atoms with E-state index in [0.717, 1.165) is 0 Å². The van der Waals surface area contributed by atoms with Crippen LogP contribution >= 0.6 is 11.6 Å². The third-order valence-electron chi connectivity index (χ3n) is 2.86. The lowest BCUT2D eigenvalue weighted by molar-refractivity contribution is -0.385. The van der Waals surface area contributed by atoms with Gasteiger partial charge in [0.05, 0.1) is 4.92 Å². The molecule has 0 atom stereocenters. The van der Waals surface area contributed by atoms with Crippen molar-refractivity contribution in [3.05, 3.63) is 63.2 Å². The predicted octanol–water partition coefficient (Wildman–Crippen LogP) is 3.57. The number of hydrogen-bond donors (Lipinski definition) is 1. The first-order valence-electron chi connectivity index (χ1n) is 6.39. The molecule has 6 nitrogen and oxygen atoms in total. The van der Waals surface area contributed by atoms with E-state index in [0.29, 0.717) is 22.0 Å². The van der Waals surface area contributed by atoms with Crippen LogP contribution in [0.25, 0.3) is 0 Å². The fraction of sp³-hybridized carbons (Fsp3) is 0.133. The Morgan fingerprint density at radius 3 is 2.77 bits per heavy atom. The monoisotopic (exact) mass is 320 g/mol. The van der Waals surface area contributed by atoms with E-state index < -0.39 is 10.8 Å². The molecule has 7 heteroatoms. The Labute approximate surface area is 131 Å². The number of nitro benzene ring substituents is 1. The molecule has 1 N–H and O–H groups in total. The van der Waals surface area contributed by atoms with Crippen molar-refractivity contribution in [2.45, 2.75) is 6.92 Å². The first-order valence-corrected chi connectivity index (χ1v) is 6.77. The SMILES string of the molecule is Cc1ccc(NC(=O)COc2cccc(Cl)c2)cc1[N+](=O)[O-]. The molecule has 0 unspecified atom stereocenters. The summed E-state index contributed by atoms with van der Waals surface area (Å²) in [6, 6.07) is 11.2. The summed E-state index contributed by atoms with van der Waals surface area (Å²) < 4.78 is 5.29. The molecule has 0 bridgehead atoms. The van der Waals surface area contributed by atoms with Gasteiger partial charge in [0.25, 0.3) is 11.6 Å². The summed E-state index contributed by atoms with van der Waals surface area (Å²) in [6.45, 7) is 1.41. The Morgan fingerprint density at radius 1 is 1.32 bits per heavy atom. The number of carbonyl (C=O) groups excluding carboxylic acids is 1. The van der Waals surface area contributed by atoms with Gasteiger partial charge in [-0.15, -0.1) is 0 Å². The predicted molar refractivity (Wildman–Crippen MR) is 83.4 cm³/mol. The van der Waals surface area contributed by atoms with E-state index in [9.17, 15) is 14.9 Å². The Hall–Kier alpha value is -2.60. The highest BCUT2D eigenvalue weighted by Crippen LogP contribution is 2.22. The lowest BCUT2D eigenvalue weighted by atomic mass is 10.2. The van der Waals surface area contributed by atoms with Crippen LogP contribution in [0.5, 0.6) is 5.75 Å². The summed E-state index contributed by atoms with van der Waals surface area (Å²) in [5.41, 5.74) is 0.823. The molecule has 2 aromatic rings. The lowest BCUT2D eigenvalue weighted by Crippen LogP contribution is -2.20. The molecule has 2 aromatic carbocycles. The Kier molecular flexibility index (Phi) is 4.95. The van der Waals surface area contributed by atoms with E-state index in [1.54, 1.807) is 43.3 Å². The fourth-order valence-corrected chi connectivity index (χ4v) is 1.97. The van der Waals surface area contributed by atoms with Crippen molar-refractivity contribution in [3.63, 3.8) is 0 Å². The highest BCUT2D eigenvalue weighted by molar-refractivity contribution is 6.30. The molecule has 0 aliphatic heterocycles. The second-order valence-electron chi connectivity index (χ2n) is 4.55. The second kappa shape index (κ2) is 6.91. The van der Waals surface area contributed by atoms with Gasteiger partial charge in [-0.3, -0.25) is 14.9 Å². The van der Waals surface area contributed by atoms with Crippen LogP contribution in [0, 0.1) is 17.0 Å². The van der Waals surface area contributed by atoms with E-state index in [-0.39, 0.29) is 12.3 Å². The van der Waals surface area contributed by atoms with Crippen molar-refractivity contribution in [2.24, 2.45) is 0 Å². The molecule has 0 heterocycles. The number of benzene rings is 2. The highest BCUT2D eigenvalue weighted by Gasteiger charge is 2.12. The maximum atomic E-state index is 11.8. The normalized spacial score (nSPS) is 10.1. The van der Waals surface area contributed by atoms with Crippen LogP contribution in [-0.2, 0) is 4.79 Å². The van der Waals surface area contributed by atoms with Gasteiger partial charge in [-0.25, -0.2) is 0 Å². The number of amides is 1. The van der Waals surface area contributed by atoms with Crippen molar-refractivity contribution >= 4 is 28.9 Å². The van der Waals surface area contributed by atoms with Crippen LogP contribution < -0.4 is 10.1 Å². The zero-order chi connectivity index (χ0) is 16.1. The van der Waals surface area contributed by atoms with E-state index in [1.807, 2.05) is 0 Å². The second-order valence-corrected chi connectivity index (χ2v) is 4.99. The van der Waals surface area contributed by atoms with Crippen molar-refractivity contribution in [1.82, 2.24) is 0 Å². The van der Waals surface area contributed by atoms with Crippen LogP contribution in [-0.4, -0.2) is 17.4 Å². The number of nitrogens with zero attached hydrogens (tertiary/aromatic N) is 1. The summed E-state index contributed by atoms with van der Waals surface area (Å²) in [4.78, 5) is 22.2. The van der Waals surface area contributed by atoms with Gasteiger partial charge in [0.15, 0.2) is 6.61 Å². The number of hydrogen-bond acceptors (Lipinski definition) is 4. The molecule has 2 rings (SSSR count). The average Bonchev–Trinajstić information content (AvgIpc) is 2.47. The van der Waals surface area contributed by atoms with Gasteiger partial charge < -0.3 is 10.1 Å². The van der Waals surface area contributed by atoms with Gasteiger partial charge in [0, 0.05) is 22.3 Å². The minimum absolute atomic E-state index is 0.0476. The van der Waals surface area contributed by atoms with Crippen molar-refractivity contribution < 1.29 is 14.5 Å². The zero-order valence-corrected chi connectivity index (χ0v) is 12.5. The summed E-state index contributed by atoms with van der Waals surface area (Å²) in [5.74, 6) is 0.0515. The van der Waals surface area contributed by atoms with E-state index in [1.165, 1.54) is 6.07 Å². The number of nitro groups is 1. The molecule has 0 fully saturated rings. The van der Waals surface area contributed by atoms with Gasteiger partial charge in [-0.05, 0) is 31.2 Å². The third-order valence-corrected chi connectivity index (χ3v) is 3.09. The van der Waals surface area contributed by atoms with Crippen molar-refractivity contribution in [2.75, 3.05) is 11.9 Å². The van der Waals surface area contributed by atoms with Crippen molar-refractivity contribution in [1.29, 1.82) is 0 Å². The number of anilines is 1. The largest absolute Gasteiger partial charge is 0.484 e. The number of ether oxygens (including phenoxy) is 1. The quantitative estimate of drug-likeness (QED) is 0.674. The van der Waals surface area contributed by atoms with E-state index in [4.69, 9.17) is 16.3 Å². The third kappa shape index (κ3) is 4.20. The first kappa shape index (κ1) is 15.8. The van der Waals surface area contributed by atoms with Gasteiger partial charge in [-0.1, -0.05) is 23.7 Å². The Balaban J connectivity index is 1.97. The maximum absolute atomic E-state index is 11.8. The van der Waals surface area contributed by atoms with Crippen LogP contribution in [0.2, 0.25) is 5.02 Å². The molecule has 0 aliphatic carbocycles. The van der Waals surface area contributed by atoms with Crippen LogP contribution in [0.15, 0.2) is 42.5 Å². The van der Waals surface area contributed by atoms with E-state index in [2.05, 4.69) is 5.32 Å². The number of aryl methyl sites for hydroxylation is 1. The number of carbonyl (C=O) groups is 1. The molecular weight excluding hydrogens is 308 g/mol. The number of halogens is 1. The van der Waals surface area contributed by atoms with Gasteiger partial charge in [-0.2, -0.15) is 0 Å². The lowest BCUT2D eigenvalue weighted by Gasteiger charge is -2.08. The molecular formula is C15H13ClN2O4. The molecule has 1 amide bonds. The minimum Gasteiger partial charge on any atom is -0.484 e. The smallest absolute Gasteiger partial charge is 0.274 e. The van der Waals surface area contributed by atoms with Gasteiger partial charge >= 0.3 is 0 Å². The van der Waals surface area contributed by atoms with Crippen LogP contribution in [0.4, 0.5) is 11.4 Å². The highest BCUT2D eigenvalue weighted by atomic mass is 35.5. The molecule has 0 aromatic heterocycles. The summed E-state index contributed by atoms with van der Waals surface area (Å²) in [6.07, 6.45) is 0. The van der Waals surface area contributed by atoms with Gasteiger partial charge in [0.2, 0.25) is 0 Å². The van der Waals surface area contributed by atoms with Gasteiger partial charge in [0.1, 0.15) is 5.75 Å². The molecule has 0 saturated carbocycles. The van der Waals surface area contributed by atoms with E-state index >= 15 is 0 Å². The summed E-state index contributed by atoms with van der Waals surface area (Å²) in [7, 11) is 0. The van der Waals surface area contributed by atoms with Crippen LogP contribution in [0.3, 0.4) is 0 Å². The minimum atomic E-state index is -0.493. The maximum Gasteiger partial charge on any atom is 0.274 e. The van der Waals surface area contributed by atoms with Crippen LogP contribution in [0.1, 0.15) is 5.56 Å². The zero-order valence-electron chi connectivity index (χ0n) is 11.7.